The van der Waals surface area contributed by atoms with Gasteiger partial charge in [-0.3, -0.25) is 4.84 Å². The molecule has 2 heterocycles. The lowest BCUT2D eigenvalue weighted by atomic mass is 9.95. The average molecular weight is 519 g/mol. The molecule has 0 aromatic heterocycles. The largest absolute Gasteiger partial charge is 0.490 e. The van der Waals surface area contributed by atoms with Crippen molar-refractivity contribution in [1.29, 1.82) is 0 Å². The molecule has 2 saturated heterocycles. The molecule has 0 spiro atoms. The minimum absolute atomic E-state index is 0.0449. The van der Waals surface area contributed by atoms with Crippen LogP contribution in [-0.4, -0.2) is 56.3 Å². The van der Waals surface area contributed by atoms with Crippen LogP contribution in [-0.2, 0) is 4.84 Å². The third-order valence-electron chi connectivity index (χ3n) is 8.25. The Hall–Kier alpha value is -1.34. The van der Waals surface area contributed by atoms with E-state index in [0.717, 1.165) is 63.1 Å². The molecule has 212 valence electrons. The van der Waals surface area contributed by atoms with Crippen molar-refractivity contribution in [3.05, 3.63) is 24.3 Å². The normalized spacial score (nSPS) is 27.7. The zero-order chi connectivity index (χ0) is 27.5. The molecule has 2 fully saturated rings. The number of hydrogen-bond acceptors (Lipinski definition) is 6. The Bertz CT molecular complexity index is 849. The lowest BCUT2D eigenvalue weighted by Gasteiger charge is -2.45. The third kappa shape index (κ3) is 7.84. The summed E-state index contributed by atoms with van der Waals surface area (Å²) in [5.74, 6) is 1.73. The fourth-order valence-electron chi connectivity index (χ4n) is 6.40. The lowest BCUT2D eigenvalue weighted by Crippen LogP contribution is -2.54. The van der Waals surface area contributed by atoms with E-state index in [1.54, 1.807) is 0 Å². The van der Waals surface area contributed by atoms with Crippen LogP contribution in [0.15, 0.2) is 24.3 Å². The van der Waals surface area contributed by atoms with E-state index in [1.165, 1.54) is 17.9 Å². The molecule has 6 heteroatoms. The van der Waals surface area contributed by atoms with Crippen molar-refractivity contribution in [2.24, 2.45) is 0 Å². The van der Waals surface area contributed by atoms with Gasteiger partial charge >= 0.3 is 0 Å². The molecular formula is C31H54N2O4. The molecule has 0 aliphatic carbocycles. The number of benzene rings is 1. The summed E-state index contributed by atoms with van der Waals surface area (Å²) in [7, 11) is 0. The highest BCUT2D eigenvalue weighted by Crippen LogP contribution is 2.39. The molecule has 6 nitrogen and oxygen atoms in total. The predicted octanol–water partition coefficient (Wildman–Crippen LogP) is 7.78. The van der Waals surface area contributed by atoms with Crippen molar-refractivity contribution < 1.29 is 19.5 Å². The summed E-state index contributed by atoms with van der Waals surface area (Å²) < 4.78 is 12.9. The van der Waals surface area contributed by atoms with Crippen LogP contribution in [0.25, 0.3) is 0 Å². The molecule has 2 unspecified atom stereocenters. The second-order valence-electron chi connectivity index (χ2n) is 13.8. The van der Waals surface area contributed by atoms with Gasteiger partial charge in [-0.2, -0.15) is 10.1 Å². The summed E-state index contributed by atoms with van der Waals surface area (Å²) in [6.45, 7) is 20.5. The van der Waals surface area contributed by atoms with Gasteiger partial charge in [0, 0.05) is 35.0 Å². The minimum atomic E-state index is -0.346. The van der Waals surface area contributed by atoms with Crippen LogP contribution in [0.5, 0.6) is 11.5 Å². The van der Waals surface area contributed by atoms with Gasteiger partial charge in [-0.25, -0.2) is 0 Å². The summed E-state index contributed by atoms with van der Waals surface area (Å²) >= 11 is 0. The number of ether oxygens (including phenoxy) is 2. The molecule has 37 heavy (non-hydrogen) atoms. The van der Waals surface area contributed by atoms with Gasteiger partial charge in [-0.1, -0.05) is 19.8 Å². The highest BCUT2D eigenvalue weighted by molar-refractivity contribution is 5.31. The van der Waals surface area contributed by atoms with Crippen LogP contribution in [0.3, 0.4) is 0 Å². The Kier molecular flexibility index (Phi) is 9.64. The Morgan fingerprint density at radius 1 is 0.730 bits per heavy atom. The van der Waals surface area contributed by atoms with E-state index in [9.17, 15) is 5.21 Å². The zero-order valence-electron chi connectivity index (χ0n) is 25.1. The second-order valence-corrected chi connectivity index (χ2v) is 13.8. The first-order chi connectivity index (χ1) is 17.2. The molecule has 1 aromatic rings. The van der Waals surface area contributed by atoms with Gasteiger partial charge in [0.1, 0.15) is 23.7 Å². The summed E-state index contributed by atoms with van der Waals surface area (Å²) in [6.07, 6.45) is 9.19. The first-order valence-electron chi connectivity index (χ1n) is 14.5. The highest BCUT2D eigenvalue weighted by atomic mass is 16.7. The number of hydrogen-bond donors (Lipinski definition) is 1. The molecule has 2 atom stereocenters. The quantitative estimate of drug-likeness (QED) is 0.337. The van der Waals surface area contributed by atoms with E-state index in [1.807, 2.05) is 24.3 Å². The molecule has 1 aromatic carbocycles. The van der Waals surface area contributed by atoms with Gasteiger partial charge in [0.15, 0.2) is 0 Å². The fourth-order valence-corrected chi connectivity index (χ4v) is 6.40. The van der Waals surface area contributed by atoms with Crippen LogP contribution in [0.1, 0.15) is 120 Å². The monoisotopic (exact) mass is 518 g/mol. The average Bonchev–Trinajstić information content (AvgIpc) is 2.93. The fraction of sp³-hybridized carbons (Fsp3) is 0.806. The Labute approximate surface area is 226 Å². The molecule has 2 aliphatic heterocycles. The standard InChI is InChI=1S/C31H54N2O4/c1-10-11-12-21-35-33-29(4,5)20-18-27(23-31(33,8)9)37-25-15-13-24(14-16-25)36-26-17-19-28(2,3)32(34)30(6,7)22-26/h13-16,26-27,34H,10-12,17-23H2,1-9H3. The van der Waals surface area contributed by atoms with E-state index in [4.69, 9.17) is 14.3 Å². The van der Waals surface area contributed by atoms with E-state index in [-0.39, 0.29) is 34.4 Å². The number of rotatable bonds is 9. The van der Waals surface area contributed by atoms with Crippen molar-refractivity contribution in [2.75, 3.05) is 6.61 Å². The summed E-state index contributed by atoms with van der Waals surface area (Å²) in [5.41, 5.74) is -0.783. The van der Waals surface area contributed by atoms with Gasteiger partial charge in [0.25, 0.3) is 0 Å². The van der Waals surface area contributed by atoms with Crippen LogP contribution in [0.2, 0.25) is 0 Å². The van der Waals surface area contributed by atoms with E-state index >= 15 is 0 Å². The topological polar surface area (TPSA) is 54.4 Å². The first kappa shape index (κ1) is 30.2. The number of unbranched alkanes of at least 4 members (excludes halogenated alkanes) is 2. The molecule has 0 bridgehead atoms. The predicted molar refractivity (Wildman–Crippen MR) is 150 cm³/mol. The van der Waals surface area contributed by atoms with Gasteiger partial charge < -0.3 is 14.7 Å². The van der Waals surface area contributed by atoms with Crippen molar-refractivity contribution in [1.82, 2.24) is 10.1 Å². The number of hydroxylamine groups is 4. The van der Waals surface area contributed by atoms with Gasteiger partial charge in [-0.05, 0) is 112 Å². The molecule has 0 saturated carbocycles. The molecule has 2 aliphatic rings. The Morgan fingerprint density at radius 2 is 1.22 bits per heavy atom. The van der Waals surface area contributed by atoms with Crippen LogP contribution < -0.4 is 9.47 Å². The Balaban J connectivity index is 1.61. The van der Waals surface area contributed by atoms with Crippen molar-refractivity contribution >= 4 is 0 Å². The maximum atomic E-state index is 10.7. The summed E-state index contributed by atoms with van der Waals surface area (Å²) in [5, 5.41) is 14.5. The molecule has 3 rings (SSSR count). The molecule has 1 N–H and O–H groups in total. The van der Waals surface area contributed by atoms with E-state index < -0.39 is 0 Å². The van der Waals surface area contributed by atoms with Crippen LogP contribution in [0.4, 0.5) is 0 Å². The molecular weight excluding hydrogens is 464 g/mol. The van der Waals surface area contributed by atoms with Crippen molar-refractivity contribution in [2.45, 2.75) is 154 Å². The summed E-state index contributed by atoms with van der Waals surface area (Å²) in [4.78, 5) is 6.37. The van der Waals surface area contributed by atoms with Gasteiger partial charge in [0.2, 0.25) is 0 Å². The second kappa shape index (κ2) is 11.8. The van der Waals surface area contributed by atoms with Gasteiger partial charge in [-0.15, -0.1) is 0 Å². The maximum Gasteiger partial charge on any atom is 0.119 e. The van der Waals surface area contributed by atoms with Crippen LogP contribution >= 0.6 is 0 Å². The highest BCUT2D eigenvalue weighted by Gasteiger charge is 2.44. The Morgan fingerprint density at radius 3 is 1.73 bits per heavy atom. The third-order valence-corrected chi connectivity index (χ3v) is 8.25. The number of nitrogens with zero attached hydrogens (tertiary/aromatic N) is 2. The SMILES string of the molecule is CCCCCON1C(C)(C)CCC(Oc2ccc(OC3CCC(C)(C)N(O)C(C)(C)C3)cc2)CC1(C)C. The van der Waals surface area contributed by atoms with Gasteiger partial charge in [0.05, 0.1) is 6.61 Å². The first-order valence-corrected chi connectivity index (χ1v) is 14.5. The van der Waals surface area contributed by atoms with Crippen molar-refractivity contribution in [3.8, 4) is 11.5 Å². The lowest BCUT2D eigenvalue weighted by molar-refractivity contribution is -0.265. The minimum Gasteiger partial charge on any atom is -0.490 e. The van der Waals surface area contributed by atoms with E-state index in [0.29, 0.717) is 0 Å². The maximum absolute atomic E-state index is 10.7. The van der Waals surface area contributed by atoms with E-state index in [2.05, 4.69) is 67.4 Å². The van der Waals surface area contributed by atoms with Crippen LogP contribution in [0, 0.1) is 0 Å². The van der Waals surface area contributed by atoms with Crippen molar-refractivity contribution in [3.63, 3.8) is 0 Å². The smallest absolute Gasteiger partial charge is 0.119 e. The molecule has 0 radical (unpaired) electrons. The molecule has 0 amide bonds. The zero-order valence-corrected chi connectivity index (χ0v) is 25.1. The summed E-state index contributed by atoms with van der Waals surface area (Å²) in [6, 6.07) is 8.09.